The molecule has 0 amide bonds. The highest BCUT2D eigenvalue weighted by Gasteiger charge is 2.42. The largest absolute Gasteiger partial charge is 0.433 e. The van der Waals surface area contributed by atoms with Gasteiger partial charge in [-0.3, -0.25) is 0 Å². The number of nitrogens with two attached hydrogens (primary N) is 1. The molecule has 1 aliphatic carbocycles. The zero-order valence-electron chi connectivity index (χ0n) is 11.1. The normalized spacial score (nSPS) is 17.0. The first-order valence-electron chi connectivity index (χ1n) is 6.29. The number of halogens is 3. The van der Waals surface area contributed by atoms with Gasteiger partial charge in [0.2, 0.25) is 5.95 Å². The number of anilines is 2. The Morgan fingerprint density at radius 3 is 2.65 bits per heavy atom. The van der Waals surface area contributed by atoms with Crippen LogP contribution in [0.3, 0.4) is 0 Å². The molecule has 20 heavy (non-hydrogen) atoms. The molecule has 112 valence electrons. The van der Waals surface area contributed by atoms with Gasteiger partial charge < -0.3 is 15.8 Å². The van der Waals surface area contributed by atoms with Crippen LogP contribution in [0.25, 0.3) is 0 Å². The summed E-state index contributed by atoms with van der Waals surface area (Å²) in [5.74, 6) is -0.280. The molecule has 2 rings (SSSR count). The lowest BCUT2D eigenvalue weighted by atomic mass is 10.0. The SMILES string of the molecule is COCCC1(CNc2cc(C(F)(F)F)nc(N)n2)CC1. The summed E-state index contributed by atoms with van der Waals surface area (Å²) < 4.78 is 42.9. The third-order valence-electron chi connectivity index (χ3n) is 3.47. The van der Waals surface area contributed by atoms with Crippen LogP contribution in [0.15, 0.2) is 6.07 Å². The van der Waals surface area contributed by atoms with Crippen molar-refractivity contribution in [3.05, 3.63) is 11.8 Å². The Kier molecular flexibility index (Phi) is 4.03. The molecular formula is C12H17F3N4O. The molecule has 0 aromatic carbocycles. The van der Waals surface area contributed by atoms with Crippen molar-refractivity contribution in [3.8, 4) is 0 Å². The monoisotopic (exact) mass is 290 g/mol. The van der Waals surface area contributed by atoms with E-state index in [0.717, 1.165) is 25.3 Å². The van der Waals surface area contributed by atoms with E-state index in [4.69, 9.17) is 10.5 Å². The summed E-state index contributed by atoms with van der Waals surface area (Å²) in [4.78, 5) is 6.98. The first-order valence-corrected chi connectivity index (χ1v) is 6.29. The Labute approximate surface area is 114 Å². The number of hydrogen-bond donors (Lipinski definition) is 2. The molecule has 1 aliphatic rings. The van der Waals surface area contributed by atoms with E-state index in [0.29, 0.717) is 13.2 Å². The van der Waals surface area contributed by atoms with Gasteiger partial charge in [0.25, 0.3) is 0 Å². The molecule has 3 N–H and O–H groups in total. The molecule has 5 nitrogen and oxygen atoms in total. The van der Waals surface area contributed by atoms with Gasteiger partial charge >= 0.3 is 6.18 Å². The number of hydrogen-bond acceptors (Lipinski definition) is 5. The number of methoxy groups -OCH3 is 1. The van der Waals surface area contributed by atoms with Gasteiger partial charge in [0.15, 0.2) is 5.69 Å². The molecule has 1 fully saturated rings. The van der Waals surface area contributed by atoms with Crippen molar-refractivity contribution in [1.29, 1.82) is 0 Å². The zero-order valence-corrected chi connectivity index (χ0v) is 11.1. The molecule has 0 radical (unpaired) electrons. The minimum atomic E-state index is -4.53. The van der Waals surface area contributed by atoms with Crippen molar-refractivity contribution in [2.45, 2.75) is 25.4 Å². The Morgan fingerprint density at radius 2 is 2.10 bits per heavy atom. The maximum atomic E-state index is 12.6. The molecule has 0 aliphatic heterocycles. The van der Waals surface area contributed by atoms with Crippen molar-refractivity contribution in [2.75, 3.05) is 31.3 Å². The van der Waals surface area contributed by atoms with E-state index >= 15 is 0 Å². The Morgan fingerprint density at radius 1 is 1.40 bits per heavy atom. The van der Waals surface area contributed by atoms with Gasteiger partial charge in [-0.15, -0.1) is 0 Å². The summed E-state index contributed by atoms with van der Waals surface area (Å²) in [6.07, 6.45) is -1.57. The smallest absolute Gasteiger partial charge is 0.385 e. The van der Waals surface area contributed by atoms with Crippen LogP contribution < -0.4 is 11.1 Å². The molecule has 1 aromatic rings. The molecule has 8 heteroatoms. The van der Waals surface area contributed by atoms with Gasteiger partial charge in [-0.2, -0.15) is 18.2 Å². The number of rotatable bonds is 6. The maximum absolute atomic E-state index is 12.6. The molecule has 0 spiro atoms. The first kappa shape index (κ1) is 14.8. The summed E-state index contributed by atoms with van der Waals surface area (Å²) in [7, 11) is 1.63. The van der Waals surface area contributed by atoms with Gasteiger partial charge in [-0.25, -0.2) is 4.98 Å². The van der Waals surface area contributed by atoms with Crippen LogP contribution in [-0.4, -0.2) is 30.2 Å². The number of nitrogen functional groups attached to an aromatic ring is 1. The molecule has 1 aromatic heterocycles. The van der Waals surface area contributed by atoms with E-state index < -0.39 is 11.9 Å². The summed E-state index contributed by atoms with van der Waals surface area (Å²) in [6, 6.07) is 0.878. The second-order valence-electron chi connectivity index (χ2n) is 5.09. The van der Waals surface area contributed by atoms with Crippen molar-refractivity contribution in [2.24, 2.45) is 5.41 Å². The summed E-state index contributed by atoms with van der Waals surface area (Å²) >= 11 is 0. The van der Waals surface area contributed by atoms with E-state index in [1.165, 1.54) is 0 Å². The van der Waals surface area contributed by atoms with E-state index in [9.17, 15) is 13.2 Å². The number of aromatic nitrogens is 2. The third-order valence-corrected chi connectivity index (χ3v) is 3.47. The predicted molar refractivity (Wildman–Crippen MR) is 68.1 cm³/mol. The average Bonchev–Trinajstić information content (AvgIpc) is 3.13. The van der Waals surface area contributed by atoms with Crippen LogP contribution in [0.2, 0.25) is 0 Å². The highest BCUT2D eigenvalue weighted by Crippen LogP contribution is 2.48. The number of ether oxygens (including phenoxy) is 1. The van der Waals surface area contributed by atoms with Gasteiger partial charge in [-0.1, -0.05) is 0 Å². The minimum Gasteiger partial charge on any atom is -0.385 e. The lowest BCUT2D eigenvalue weighted by Crippen LogP contribution is -2.19. The number of alkyl halides is 3. The Hall–Kier alpha value is -1.57. The van der Waals surface area contributed by atoms with Gasteiger partial charge in [0.1, 0.15) is 5.82 Å². The van der Waals surface area contributed by atoms with Gasteiger partial charge in [0, 0.05) is 26.3 Å². The van der Waals surface area contributed by atoms with Crippen LogP contribution >= 0.6 is 0 Å². The first-order chi connectivity index (χ1) is 9.35. The van der Waals surface area contributed by atoms with Crippen LogP contribution in [-0.2, 0) is 10.9 Å². The second-order valence-corrected chi connectivity index (χ2v) is 5.09. The highest BCUT2D eigenvalue weighted by molar-refractivity contribution is 5.41. The lowest BCUT2D eigenvalue weighted by Gasteiger charge is -2.16. The molecule has 0 saturated heterocycles. The van der Waals surface area contributed by atoms with Crippen LogP contribution in [0.5, 0.6) is 0 Å². The van der Waals surface area contributed by atoms with E-state index in [1.807, 2.05) is 0 Å². The fourth-order valence-corrected chi connectivity index (χ4v) is 1.99. The van der Waals surface area contributed by atoms with Crippen LogP contribution in [0, 0.1) is 5.41 Å². The molecule has 0 bridgehead atoms. The predicted octanol–water partition coefficient (Wildman–Crippen LogP) is 2.31. The summed E-state index contributed by atoms with van der Waals surface area (Å²) in [5.41, 5.74) is 4.38. The Balaban J connectivity index is 2.01. The standard InChI is InChI=1S/C12H17F3N4O/c1-20-5-4-11(2-3-11)7-17-9-6-8(12(13,14)15)18-10(16)19-9/h6H,2-5,7H2,1H3,(H3,16,17,18,19). The van der Waals surface area contributed by atoms with Crippen LogP contribution in [0.1, 0.15) is 25.0 Å². The van der Waals surface area contributed by atoms with Crippen molar-refractivity contribution < 1.29 is 17.9 Å². The fraction of sp³-hybridized carbons (Fsp3) is 0.667. The van der Waals surface area contributed by atoms with Crippen molar-refractivity contribution in [1.82, 2.24) is 9.97 Å². The lowest BCUT2D eigenvalue weighted by molar-refractivity contribution is -0.141. The van der Waals surface area contributed by atoms with E-state index in [1.54, 1.807) is 7.11 Å². The van der Waals surface area contributed by atoms with Gasteiger partial charge in [0.05, 0.1) is 0 Å². The third kappa shape index (κ3) is 3.72. The van der Waals surface area contributed by atoms with Crippen LogP contribution in [0.4, 0.5) is 24.9 Å². The fourth-order valence-electron chi connectivity index (χ4n) is 1.99. The second kappa shape index (κ2) is 5.43. The highest BCUT2D eigenvalue weighted by atomic mass is 19.4. The molecule has 0 atom stereocenters. The van der Waals surface area contributed by atoms with Crippen molar-refractivity contribution in [3.63, 3.8) is 0 Å². The number of nitrogens with zero attached hydrogens (tertiary/aromatic N) is 2. The topological polar surface area (TPSA) is 73.1 Å². The summed E-state index contributed by atoms with van der Waals surface area (Å²) in [6.45, 7) is 1.20. The molecular weight excluding hydrogens is 273 g/mol. The quantitative estimate of drug-likeness (QED) is 0.841. The maximum Gasteiger partial charge on any atom is 0.433 e. The van der Waals surface area contributed by atoms with E-state index in [2.05, 4.69) is 15.3 Å². The minimum absolute atomic E-state index is 0.105. The van der Waals surface area contributed by atoms with Gasteiger partial charge in [-0.05, 0) is 24.7 Å². The molecule has 1 heterocycles. The van der Waals surface area contributed by atoms with E-state index in [-0.39, 0.29) is 17.2 Å². The molecule has 0 unspecified atom stereocenters. The number of nitrogens with one attached hydrogen (secondary N) is 1. The zero-order chi connectivity index (χ0) is 14.8. The van der Waals surface area contributed by atoms with Crippen molar-refractivity contribution >= 4 is 11.8 Å². The average molecular weight is 290 g/mol. The summed E-state index contributed by atoms with van der Waals surface area (Å²) in [5, 5.41) is 2.92. The molecule has 1 saturated carbocycles. The Bertz CT molecular complexity index is 474.